The molecule has 0 atom stereocenters. The molecule has 0 aromatic carbocycles. The van der Waals surface area contributed by atoms with Gasteiger partial charge in [0.25, 0.3) is 0 Å². The van der Waals surface area contributed by atoms with Gasteiger partial charge >= 0.3 is 0 Å². The van der Waals surface area contributed by atoms with Gasteiger partial charge in [-0.3, -0.25) is 9.78 Å². The van der Waals surface area contributed by atoms with Gasteiger partial charge in [-0.05, 0) is 32.4 Å². The zero-order valence-corrected chi connectivity index (χ0v) is 12.8. The van der Waals surface area contributed by atoms with E-state index in [0.29, 0.717) is 0 Å². The Morgan fingerprint density at radius 3 is 2.95 bits per heavy atom. The van der Waals surface area contributed by atoms with E-state index < -0.39 is 0 Å². The third kappa shape index (κ3) is 2.92. The number of anilines is 1. The van der Waals surface area contributed by atoms with Gasteiger partial charge in [-0.15, -0.1) is 5.10 Å². The molecular weight excluding hydrogens is 266 g/mol. The lowest BCUT2D eigenvalue weighted by Crippen LogP contribution is -2.28. The van der Waals surface area contributed by atoms with Crippen molar-refractivity contribution in [1.29, 1.82) is 0 Å². The molecule has 1 aliphatic rings. The summed E-state index contributed by atoms with van der Waals surface area (Å²) in [6, 6.07) is 2.10. The lowest BCUT2D eigenvalue weighted by molar-refractivity contribution is 0.652. The summed E-state index contributed by atoms with van der Waals surface area (Å²) in [5.41, 5.74) is 2.10. The van der Waals surface area contributed by atoms with Gasteiger partial charge in [0.1, 0.15) is 5.69 Å². The smallest absolute Gasteiger partial charge is 0.245 e. The first-order valence-corrected chi connectivity index (χ1v) is 7.77. The van der Waals surface area contributed by atoms with Crippen molar-refractivity contribution in [3.8, 4) is 11.5 Å². The highest BCUT2D eigenvalue weighted by Gasteiger charge is 2.17. The molecule has 1 saturated heterocycles. The van der Waals surface area contributed by atoms with E-state index in [2.05, 4.69) is 50.4 Å². The van der Waals surface area contributed by atoms with Gasteiger partial charge in [-0.1, -0.05) is 6.92 Å². The molecule has 0 spiro atoms. The Hall–Kier alpha value is -1.89. The van der Waals surface area contributed by atoms with E-state index in [4.69, 9.17) is 0 Å². The highest BCUT2D eigenvalue weighted by atomic mass is 15.4. The summed E-state index contributed by atoms with van der Waals surface area (Å²) in [5.74, 6) is 1.59. The quantitative estimate of drug-likeness (QED) is 0.880. The van der Waals surface area contributed by atoms with Gasteiger partial charge in [-0.2, -0.15) is 10.1 Å². The van der Waals surface area contributed by atoms with Crippen LogP contribution in [0.3, 0.4) is 0 Å². The van der Waals surface area contributed by atoms with Gasteiger partial charge in [0.05, 0.1) is 5.69 Å². The molecule has 0 radical (unpaired) electrons. The predicted octanol–water partition coefficient (Wildman–Crippen LogP) is 1.05. The second kappa shape index (κ2) is 6.26. The zero-order chi connectivity index (χ0) is 14.7. The molecule has 0 saturated carbocycles. The second-order valence-corrected chi connectivity index (χ2v) is 5.26. The molecule has 114 valence electrons. The molecule has 7 heteroatoms. The van der Waals surface area contributed by atoms with E-state index in [1.807, 2.05) is 4.68 Å². The van der Waals surface area contributed by atoms with Gasteiger partial charge in [-0.25, -0.2) is 0 Å². The molecule has 2 N–H and O–H groups in total. The van der Waals surface area contributed by atoms with E-state index in [-0.39, 0.29) is 0 Å². The molecule has 2 aromatic rings. The number of H-pyrrole nitrogens is 1. The van der Waals surface area contributed by atoms with E-state index in [0.717, 1.165) is 68.7 Å². The van der Waals surface area contributed by atoms with Crippen LogP contribution in [0.15, 0.2) is 6.07 Å². The summed E-state index contributed by atoms with van der Waals surface area (Å²) in [6.45, 7) is 9.03. The van der Waals surface area contributed by atoms with Crippen LogP contribution in [0.5, 0.6) is 0 Å². The first kappa shape index (κ1) is 14.1. The number of aromatic amines is 1. The highest BCUT2D eigenvalue weighted by molar-refractivity contribution is 5.52. The van der Waals surface area contributed by atoms with Crippen LogP contribution >= 0.6 is 0 Å². The van der Waals surface area contributed by atoms with Gasteiger partial charge in [0, 0.05) is 26.2 Å². The first-order valence-electron chi connectivity index (χ1n) is 7.77. The lowest BCUT2D eigenvalue weighted by Gasteiger charge is -2.16. The number of hydrogen-bond acceptors (Lipinski definition) is 5. The maximum absolute atomic E-state index is 4.67. The van der Waals surface area contributed by atoms with E-state index in [1.54, 1.807) is 0 Å². The van der Waals surface area contributed by atoms with Crippen molar-refractivity contribution in [2.24, 2.45) is 0 Å². The van der Waals surface area contributed by atoms with Crippen LogP contribution in [0, 0.1) is 0 Å². The highest BCUT2D eigenvalue weighted by Crippen LogP contribution is 2.19. The fourth-order valence-corrected chi connectivity index (χ4v) is 2.63. The average molecular weight is 289 g/mol. The minimum absolute atomic E-state index is 0.788. The molecule has 0 bridgehead atoms. The molecule has 0 unspecified atom stereocenters. The average Bonchev–Trinajstić information content (AvgIpc) is 3.06. The van der Waals surface area contributed by atoms with Crippen LogP contribution in [0.4, 0.5) is 5.95 Å². The second-order valence-electron chi connectivity index (χ2n) is 5.26. The molecule has 3 rings (SSSR count). The molecule has 3 heterocycles. The minimum atomic E-state index is 0.788. The van der Waals surface area contributed by atoms with Crippen molar-refractivity contribution in [1.82, 2.24) is 30.3 Å². The topological polar surface area (TPSA) is 74.7 Å². The van der Waals surface area contributed by atoms with Crippen LogP contribution < -0.4 is 10.2 Å². The molecular formula is C14H23N7. The van der Waals surface area contributed by atoms with Gasteiger partial charge < -0.3 is 10.2 Å². The van der Waals surface area contributed by atoms with E-state index in [1.165, 1.54) is 0 Å². The Bertz CT molecular complexity index is 578. The SMILES string of the molecule is CCc1cc(-c2nc(N3CCCNCC3)n[nH]2)n(CC)n1. The van der Waals surface area contributed by atoms with Crippen LogP contribution in [-0.4, -0.2) is 51.1 Å². The van der Waals surface area contributed by atoms with Crippen molar-refractivity contribution in [2.45, 2.75) is 33.2 Å². The van der Waals surface area contributed by atoms with E-state index in [9.17, 15) is 0 Å². The molecule has 21 heavy (non-hydrogen) atoms. The van der Waals surface area contributed by atoms with Gasteiger partial charge in [0.2, 0.25) is 5.95 Å². The summed E-state index contributed by atoms with van der Waals surface area (Å²) in [6.07, 6.45) is 2.05. The summed E-state index contributed by atoms with van der Waals surface area (Å²) < 4.78 is 1.98. The Morgan fingerprint density at radius 1 is 1.24 bits per heavy atom. The number of nitrogens with zero attached hydrogens (tertiary/aromatic N) is 5. The molecule has 0 amide bonds. The maximum Gasteiger partial charge on any atom is 0.245 e. The maximum atomic E-state index is 4.67. The lowest BCUT2D eigenvalue weighted by atomic mass is 10.3. The third-order valence-corrected chi connectivity index (χ3v) is 3.83. The molecule has 0 aliphatic carbocycles. The number of hydrogen-bond donors (Lipinski definition) is 2. The molecule has 7 nitrogen and oxygen atoms in total. The number of aromatic nitrogens is 5. The van der Waals surface area contributed by atoms with Crippen molar-refractivity contribution in [3.05, 3.63) is 11.8 Å². The van der Waals surface area contributed by atoms with Crippen LogP contribution in [0.25, 0.3) is 11.5 Å². The Kier molecular flexibility index (Phi) is 4.19. The normalized spacial score (nSPS) is 16.2. The Balaban J connectivity index is 1.85. The fraction of sp³-hybridized carbons (Fsp3) is 0.643. The summed E-state index contributed by atoms with van der Waals surface area (Å²) in [4.78, 5) is 6.90. The van der Waals surface area contributed by atoms with Crippen LogP contribution in [0.1, 0.15) is 26.0 Å². The molecule has 2 aromatic heterocycles. The molecule has 1 aliphatic heterocycles. The predicted molar refractivity (Wildman–Crippen MR) is 82.4 cm³/mol. The summed E-state index contributed by atoms with van der Waals surface area (Å²) >= 11 is 0. The summed E-state index contributed by atoms with van der Waals surface area (Å²) in [5, 5.41) is 15.4. The minimum Gasteiger partial charge on any atom is -0.338 e. The first-order chi connectivity index (χ1) is 10.3. The largest absolute Gasteiger partial charge is 0.338 e. The van der Waals surface area contributed by atoms with Crippen LogP contribution in [-0.2, 0) is 13.0 Å². The fourth-order valence-electron chi connectivity index (χ4n) is 2.63. The molecule has 1 fully saturated rings. The van der Waals surface area contributed by atoms with Gasteiger partial charge in [0.15, 0.2) is 5.82 Å². The number of rotatable bonds is 4. The number of aryl methyl sites for hydroxylation is 2. The van der Waals surface area contributed by atoms with E-state index >= 15 is 0 Å². The standard InChI is InChI=1S/C14H23N7/c1-3-11-10-12(21(4-2)19-11)13-16-14(18-17-13)20-8-5-6-15-7-9-20/h10,15H,3-9H2,1-2H3,(H,16,17,18). The Morgan fingerprint density at radius 2 is 2.14 bits per heavy atom. The van der Waals surface area contributed by atoms with Crippen molar-refractivity contribution < 1.29 is 0 Å². The third-order valence-electron chi connectivity index (χ3n) is 3.83. The van der Waals surface area contributed by atoms with Crippen molar-refractivity contribution >= 4 is 5.95 Å². The summed E-state index contributed by atoms with van der Waals surface area (Å²) in [7, 11) is 0. The zero-order valence-electron chi connectivity index (χ0n) is 12.8. The van der Waals surface area contributed by atoms with Crippen molar-refractivity contribution in [3.63, 3.8) is 0 Å². The Labute approximate surface area is 124 Å². The van der Waals surface area contributed by atoms with Crippen LogP contribution in [0.2, 0.25) is 0 Å². The monoisotopic (exact) mass is 289 g/mol. The van der Waals surface area contributed by atoms with Crippen molar-refractivity contribution in [2.75, 3.05) is 31.1 Å². The number of nitrogens with one attached hydrogen (secondary N) is 2.